The van der Waals surface area contributed by atoms with Crippen molar-refractivity contribution in [1.29, 1.82) is 0 Å². The highest BCUT2D eigenvalue weighted by atomic mass is 35.5. The third-order valence-corrected chi connectivity index (χ3v) is 5.66. The lowest BCUT2D eigenvalue weighted by Gasteiger charge is -2.31. The minimum atomic E-state index is -1.45. The SMILES string of the molecule is CCOC(=O)C1C(O)=C(C(O)c2ccccc2Cl)N(C(C)=O)C1c1ccccc1Cl. The van der Waals surface area contributed by atoms with Crippen molar-refractivity contribution in [3.63, 3.8) is 0 Å². The van der Waals surface area contributed by atoms with Crippen LogP contribution in [0.4, 0.5) is 0 Å². The standard InChI is InChI=1S/C22H21Cl2NO5/c1-3-30-22(29)17-18(13-8-4-6-10-15(13)23)25(12(2)26)19(21(17)28)20(27)14-9-5-7-11-16(14)24/h4-11,17-18,20,27-28H,3H2,1-2H3. The van der Waals surface area contributed by atoms with Gasteiger partial charge >= 0.3 is 5.97 Å². The van der Waals surface area contributed by atoms with Crippen LogP contribution < -0.4 is 0 Å². The molecule has 3 atom stereocenters. The third-order valence-electron chi connectivity index (χ3n) is 4.97. The number of carbonyl (C=O) groups excluding carboxylic acids is 2. The van der Waals surface area contributed by atoms with Gasteiger partial charge in [0, 0.05) is 22.5 Å². The van der Waals surface area contributed by atoms with E-state index in [-0.39, 0.29) is 22.9 Å². The quantitative estimate of drug-likeness (QED) is 0.652. The molecular formula is C22H21Cl2NO5. The number of rotatable bonds is 5. The Morgan fingerprint density at radius 1 is 1.10 bits per heavy atom. The van der Waals surface area contributed by atoms with E-state index in [1.165, 1.54) is 11.8 Å². The van der Waals surface area contributed by atoms with E-state index in [9.17, 15) is 19.8 Å². The van der Waals surface area contributed by atoms with Crippen LogP contribution in [0, 0.1) is 5.92 Å². The van der Waals surface area contributed by atoms with Crippen LogP contribution in [-0.4, -0.2) is 33.6 Å². The molecular weight excluding hydrogens is 429 g/mol. The molecule has 1 aliphatic rings. The highest BCUT2D eigenvalue weighted by molar-refractivity contribution is 6.31. The third kappa shape index (κ3) is 3.90. The second kappa shape index (κ2) is 9.08. The summed E-state index contributed by atoms with van der Waals surface area (Å²) in [6, 6.07) is 12.2. The van der Waals surface area contributed by atoms with Crippen molar-refractivity contribution >= 4 is 35.1 Å². The zero-order valence-corrected chi connectivity index (χ0v) is 17.9. The predicted molar refractivity (Wildman–Crippen MR) is 113 cm³/mol. The molecule has 0 bridgehead atoms. The molecule has 3 rings (SSSR count). The minimum Gasteiger partial charge on any atom is -0.509 e. The Bertz CT molecular complexity index is 1010. The van der Waals surface area contributed by atoms with Gasteiger partial charge in [0.2, 0.25) is 5.91 Å². The molecule has 158 valence electrons. The van der Waals surface area contributed by atoms with Crippen LogP contribution in [0.15, 0.2) is 60.0 Å². The molecule has 3 unspecified atom stereocenters. The van der Waals surface area contributed by atoms with E-state index in [1.54, 1.807) is 55.5 Å². The number of benzene rings is 2. The van der Waals surface area contributed by atoms with Gasteiger partial charge < -0.3 is 19.8 Å². The highest BCUT2D eigenvalue weighted by Crippen LogP contribution is 2.49. The molecule has 1 heterocycles. The van der Waals surface area contributed by atoms with Crippen LogP contribution in [0.1, 0.15) is 37.1 Å². The summed E-state index contributed by atoms with van der Waals surface area (Å²) in [5.41, 5.74) is 0.605. The molecule has 0 aromatic heterocycles. The van der Waals surface area contributed by atoms with Crippen molar-refractivity contribution in [1.82, 2.24) is 4.90 Å². The van der Waals surface area contributed by atoms with Gasteiger partial charge in [0.1, 0.15) is 17.8 Å². The van der Waals surface area contributed by atoms with Crippen molar-refractivity contribution in [2.75, 3.05) is 6.61 Å². The summed E-state index contributed by atoms with van der Waals surface area (Å²) in [5, 5.41) is 22.7. The summed E-state index contributed by atoms with van der Waals surface area (Å²) < 4.78 is 5.15. The van der Waals surface area contributed by atoms with E-state index < -0.39 is 35.7 Å². The maximum Gasteiger partial charge on any atom is 0.319 e. The predicted octanol–water partition coefficient (Wildman–Crippen LogP) is 4.58. The molecule has 30 heavy (non-hydrogen) atoms. The van der Waals surface area contributed by atoms with Crippen LogP contribution >= 0.6 is 23.2 Å². The fourth-order valence-electron chi connectivity index (χ4n) is 3.72. The van der Waals surface area contributed by atoms with E-state index in [1.807, 2.05) is 0 Å². The highest BCUT2D eigenvalue weighted by Gasteiger charge is 2.51. The average Bonchev–Trinajstić information content (AvgIpc) is 3.01. The fourth-order valence-corrected chi connectivity index (χ4v) is 4.21. The van der Waals surface area contributed by atoms with Crippen LogP contribution in [0.3, 0.4) is 0 Å². The molecule has 1 aliphatic heterocycles. The van der Waals surface area contributed by atoms with Gasteiger partial charge in [-0.3, -0.25) is 9.59 Å². The maximum absolute atomic E-state index is 12.8. The first kappa shape index (κ1) is 22.2. The Morgan fingerprint density at radius 3 is 2.27 bits per heavy atom. The normalized spacial score (nSPS) is 19.7. The van der Waals surface area contributed by atoms with Crippen molar-refractivity contribution < 1.29 is 24.5 Å². The van der Waals surface area contributed by atoms with Gasteiger partial charge in [0.15, 0.2) is 0 Å². The zero-order chi connectivity index (χ0) is 22.0. The number of nitrogens with zero attached hydrogens (tertiary/aromatic N) is 1. The second-order valence-electron chi connectivity index (χ2n) is 6.78. The number of aliphatic hydroxyl groups excluding tert-OH is 2. The smallest absolute Gasteiger partial charge is 0.319 e. The Kier molecular flexibility index (Phi) is 6.71. The van der Waals surface area contributed by atoms with Gasteiger partial charge in [0.25, 0.3) is 0 Å². The number of ether oxygens (including phenoxy) is 1. The van der Waals surface area contributed by atoms with Crippen LogP contribution in [0.25, 0.3) is 0 Å². The van der Waals surface area contributed by atoms with Gasteiger partial charge in [-0.05, 0) is 24.6 Å². The summed E-state index contributed by atoms with van der Waals surface area (Å²) >= 11 is 12.6. The van der Waals surface area contributed by atoms with E-state index in [2.05, 4.69) is 0 Å². The molecule has 2 N–H and O–H groups in total. The first-order chi connectivity index (χ1) is 14.3. The van der Waals surface area contributed by atoms with Gasteiger partial charge in [0.05, 0.1) is 18.3 Å². The molecule has 8 heteroatoms. The fraction of sp³-hybridized carbons (Fsp3) is 0.273. The molecule has 1 amide bonds. The first-order valence-electron chi connectivity index (χ1n) is 9.35. The van der Waals surface area contributed by atoms with Crippen molar-refractivity contribution in [3.8, 4) is 0 Å². The van der Waals surface area contributed by atoms with Gasteiger partial charge in [-0.1, -0.05) is 59.6 Å². The average molecular weight is 450 g/mol. The van der Waals surface area contributed by atoms with Crippen molar-refractivity contribution in [3.05, 3.63) is 81.2 Å². The maximum atomic E-state index is 12.8. The molecule has 0 spiro atoms. The zero-order valence-electron chi connectivity index (χ0n) is 16.4. The number of hydrogen-bond acceptors (Lipinski definition) is 5. The number of amides is 1. The summed E-state index contributed by atoms with van der Waals surface area (Å²) in [7, 11) is 0. The van der Waals surface area contributed by atoms with Gasteiger partial charge in [-0.25, -0.2) is 0 Å². The lowest BCUT2D eigenvalue weighted by Crippen LogP contribution is -2.35. The number of carbonyl (C=O) groups is 2. The first-order valence-corrected chi connectivity index (χ1v) is 10.1. The molecule has 0 radical (unpaired) electrons. The van der Waals surface area contributed by atoms with Crippen LogP contribution in [0.5, 0.6) is 0 Å². The van der Waals surface area contributed by atoms with E-state index in [0.29, 0.717) is 10.6 Å². The largest absolute Gasteiger partial charge is 0.509 e. The summed E-state index contributed by atoms with van der Waals surface area (Å²) in [6.45, 7) is 3.00. The monoisotopic (exact) mass is 449 g/mol. The van der Waals surface area contributed by atoms with E-state index in [0.717, 1.165) is 0 Å². The molecule has 0 fully saturated rings. The Balaban J connectivity index is 2.21. The lowest BCUT2D eigenvalue weighted by molar-refractivity contribution is -0.149. The summed E-state index contributed by atoms with van der Waals surface area (Å²) in [4.78, 5) is 26.7. The summed E-state index contributed by atoms with van der Waals surface area (Å²) in [6.07, 6.45) is -1.45. The molecule has 6 nitrogen and oxygen atoms in total. The summed E-state index contributed by atoms with van der Waals surface area (Å²) in [5.74, 6) is -2.92. The lowest BCUT2D eigenvalue weighted by atomic mass is 9.93. The van der Waals surface area contributed by atoms with Gasteiger partial charge in [-0.2, -0.15) is 0 Å². The van der Waals surface area contributed by atoms with E-state index >= 15 is 0 Å². The Hall–Kier alpha value is -2.54. The van der Waals surface area contributed by atoms with Crippen LogP contribution in [0.2, 0.25) is 10.0 Å². The second-order valence-corrected chi connectivity index (χ2v) is 7.59. The Morgan fingerprint density at radius 2 is 1.70 bits per heavy atom. The topological polar surface area (TPSA) is 87.1 Å². The van der Waals surface area contributed by atoms with Crippen molar-refractivity contribution in [2.45, 2.75) is 26.0 Å². The Labute approximate surface area is 184 Å². The number of esters is 1. The molecule has 2 aromatic carbocycles. The van der Waals surface area contributed by atoms with Crippen molar-refractivity contribution in [2.24, 2.45) is 5.92 Å². The molecule has 0 saturated carbocycles. The van der Waals surface area contributed by atoms with Crippen LogP contribution in [-0.2, 0) is 14.3 Å². The van der Waals surface area contributed by atoms with Gasteiger partial charge in [-0.15, -0.1) is 0 Å². The molecule has 2 aromatic rings. The van der Waals surface area contributed by atoms with E-state index in [4.69, 9.17) is 27.9 Å². The molecule has 0 aliphatic carbocycles. The number of halogens is 2. The number of hydrogen-bond donors (Lipinski definition) is 2. The minimum absolute atomic E-state index is 0.0837. The molecule has 0 saturated heterocycles. The number of aliphatic hydroxyl groups is 2.